The average Bonchev–Trinajstić information content (AvgIpc) is 2.85. The van der Waals surface area contributed by atoms with Gasteiger partial charge in [-0.15, -0.1) is 0 Å². The van der Waals surface area contributed by atoms with E-state index >= 15 is 0 Å². The highest BCUT2D eigenvalue weighted by molar-refractivity contribution is 9.10. The van der Waals surface area contributed by atoms with Crippen LogP contribution in [0.15, 0.2) is 10.8 Å². The molecule has 2 atom stereocenters. The first-order chi connectivity index (χ1) is 11.4. The van der Waals surface area contributed by atoms with Gasteiger partial charge in [-0.1, -0.05) is 0 Å². The SMILES string of the molecule is C[C@@H]1OCC2(CCN(c3ncc(Br)nc3CF)CC2)[C@@H]1NC(=O)O. The summed E-state index contributed by atoms with van der Waals surface area (Å²) >= 11 is 3.21. The maximum absolute atomic E-state index is 13.2. The number of aromatic nitrogens is 2. The van der Waals surface area contributed by atoms with E-state index in [0.717, 1.165) is 12.8 Å². The second kappa shape index (κ2) is 6.79. The van der Waals surface area contributed by atoms with Gasteiger partial charge in [0, 0.05) is 18.5 Å². The highest BCUT2D eigenvalue weighted by Crippen LogP contribution is 2.43. The minimum atomic E-state index is -1.03. The number of anilines is 1. The fourth-order valence-corrected chi connectivity index (χ4v) is 4.07. The summed E-state index contributed by atoms with van der Waals surface area (Å²) < 4.78 is 19.5. The van der Waals surface area contributed by atoms with Crippen LogP contribution in [-0.2, 0) is 11.4 Å². The number of halogens is 2. The maximum atomic E-state index is 13.2. The summed E-state index contributed by atoms with van der Waals surface area (Å²) in [6.45, 7) is 3.08. The second-order valence-corrected chi connectivity index (χ2v) is 7.20. The summed E-state index contributed by atoms with van der Waals surface area (Å²) in [4.78, 5) is 21.6. The van der Waals surface area contributed by atoms with Gasteiger partial charge in [0.2, 0.25) is 0 Å². The lowest BCUT2D eigenvalue weighted by Crippen LogP contribution is -2.54. The number of ether oxygens (including phenoxy) is 1. The van der Waals surface area contributed by atoms with Crippen LogP contribution in [0, 0.1) is 5.41 Å². The zero-order valence-electron chi connectivity index (χ0n) is 13.3. The van der Waals surface area contributed by atoms with Gasteiger partial charge in [-0.05, 0) is 35.7 Å². The number of hydrogen-bond acceptors (Lipinski definition) is 5. The molecular formula is C15H20BrFN4O3. The second-order valence-electron chi connectivity index (χ2n) is 6.39. The van der Waals surface area contributed by atoms with E-state index in [1.54, 1.807) is 6.20 Å². The molecule has 24 heavy (non-hydrogen) atoms. The van der Waals surface area contributed by atoms with Gasteiger partial charge in [-0.2, -0.15) is 0 Å². The Bertz CT molecular complexity index is 625. The molecule has 2 saturated heterocycles. The number of alkyl halides is 1. The molecule has 0 unspecified atom stereocenters. The van der Waals surface area contributed by atoms with Crippen molar-refractivity contribution >= 4 is 27.8 Å². The van der Waals surface area contributed by atoms with Gasteiger partial charge in [0.15, 0.2) is 5.82 Å². The summed E-state index contributed by atoms with van der Waals surface area (Å²) in [6.07, 6.45) is 1.89. The molecule has 3 rings (SSSR count). The quantitative estimate of drug-likeness (QED) is 0.806. The van der Waals surface area contributed by atoms with Crippen molar-refractivity contribution in [1.82, 2.24) is 15.3 Å². The van der Waals surface area contributed by atoms with Gasteiger partial charge >= 0.3 is 6.09 Å². The van der Waals surface area contributed by atoms with E-state index in [1.165, 1.54) is 0 Å². The van der Waals surface area contributed by atoms with Gasteiger partial charge < -0.3 is 20.1 Å². The Morgan fingerprint density at radius 2 is 2.29 bits per heavy atom. The van der Waals surface area contributed by atoms with Crippen molar-refractivity contribution in [3.8, 4) is 0 Å². The molecule has 2 N–H and O–H groups in total. The monoisotopic (exact) mass is 402 g/mol. The van der Waals surface area contributed by atoms with Crippen molar-refractivity contribution in [1.29, 1.82) is 0 Å². The molecule has 1 spiro atoms. The summed E-state index contributed by atoms with van der Waals surface area (Å²) in [6, 6.07) is -0.228. The molecule has 0 aliphatic carbocycles. The van der Waals surface area contributed by atoms with Crippen molar-refractivity contribution in [2.45, 2.75) is 38.6 Å². The van der Waals surface area contributed by atoms with E-state index in [9.17, 15) is 9.18 Å². The molecule has 7 nitrogen and oxygen atoms in total. The van der Waals surface area contributed by atoms with Gasteiger partial charge in [0.1, 0.15) is 17.0 Å². The molecule has 2 aliphatic rings. The van der Waals surface area contributed by atoms with Crippen LogP contribution in [-0.4, -0.2) is 53.0 Å². The lowest BCUT2D eigenvalue weighted by Gasteiger charge is -2.42. The van der Waals surface area contributed by atoms with Crippen LogP contribution >= 0.6 is 15.9 Å². The van der Waals surface area contributed by atoms with E-state index < -0.39 is 12.8 Å². The molecular weight excluding hydrogens is 383 g/mol. The number of hydrogen-bond donors (Lipinski definition) is 2. The van der Waals surface area contributed by atoms with Gasteiger partial charge in [0.05, 0.1) is 24.9 Å². The first-order valence-electron chi connectivity index (χ1n) is 7.88. The minimum absolute atomic E-state index is 0.151. The van der Waals surface area contributed by atoms with Crippen LogP contribution in [0.3, 0.4) is 0 Å². The largest absolute Gasteiger partial charge is 0.465 e. The maximum Gasteiger partial charge on any atom is 0.404 e. The number of carboxylic acid groups (broad SMARTS) is 1. The third kappa shape index (κ3) is 3.19. The molecule has 0 radical (unpaired) electrons. The smallest absolute Gasteiger partial charge is 0.404 e. The van der Waals surface area contributed by atoms with Crippen LogP contribution < -0.4 is 10.2 Å². The first kappa shape index (κ1) is 17.3. The lowest BCUT2D eigenvalue weighted by atomic mass is 9.73. The van der Waals surface area contributed by atoms with E-state index in [2.05, 4.69) is 31.2 Å². The Morgan fingerprint density at radius 3 is 2.92 bits per heavy atom. The zero-order valence-corrected chi connectivity index (χ0v) is 14.9. The Morgan fingerprint density at radius 1 is 1.58 bits per heavy atom. The van der Waals surface area contributed by atoms with Crippen LogP contribution in [0.4, 0.5) is 15.0 Å². The van der Waals surface area contributed by atoms with Crippen molar-refractivity contribution in [2.75, 3.05) is 24.6 Å². The predicted octanol–water partition coefficient (Wildman–Crippen LogP) is 2.35. The molecule has 2 aliphatic heterocycles. The number of carbonyl (C=O) groups is 1. The number of nitrogens with one attached hydrogen (secondary N) is 1. The first-order valence-corrected chi connectivity index (χ1v) is 8.68. The molecule has 0 bridgehead atoms. The molecule has 2 fully saturated rings. The molecule has 3 heterocycles. The van der Waals surface area contributed by atoms with Crippen LogP contribution in [0.2, 0.25) is 0 Å². The topological polar surface area (TPSA) is 87.6 Å². The van der Waals surface area contributed by atoms with Crippen molar-refractivity contribution in [2.24, 2.45) is 5.41 Å². The van der Waals surface area contributed by atoms with Gasteiger partial charge in [-0.25, -0.2) is 19.2 Å². The van der Waals surface area contributed by atoms with Crippen LogP contribution in [0.1, 0.15) is 25.5 Å². The third-order valence-electron chi connectivity index (χ3n) is 5.02. The van der Waals surface area contributed by atoms with Crippen LogP contribution in [0.25, 0.3) is 0 Å². The van der Waals surface area contributed by atoms with Crippen molar-refractivity contribution in [3.05, 3.63) is 16.5 Å². The number of piperidine rings is 1. The molecule has 1 aromatic rings. The molecule has 1 amide bonds. The molecule has 0 saturated carbocycles. The summed E-state index contributed by atoms with van der Waals surface area (Å²) in [5.41, 5.74) is 0.101. The van der Waals surface area contributed by atoms with E-state index in [-0.39, 0.29) is 17.6 Å². The average molecular weight is 403 g/mol. The number of amides is 1. The zero-order chi connectivity index (χ0) is 17.3. The summed E-state index contributed by atoms with van der Waals surface area (Å²) in [5, 5.41) is 11.7. The summed E-state index contributed by atoms with van der Waals surface area (Å²) in [7, 11) is 0. The third-order valence-corrected chi connectivity index (χ3v) is 5.40. The minimum Gasteiger partial charge on any atom is -0.465 e. The summed E-state index contributed by atoms with van der Waals surface area (Å²) in [5.74, 6) is 0.560. The van der Waals surface area contributed by atoms with Gasteiger partial charge in [0.25, 0.3) is 0 Å². The highest BCUT2D eigenvalue weighted by Gasteiger charge is 2.50. The van der Waals surface area contributed by atoms with Crippen molar-refractivity contribution in [3.63, 3.8) is 0 Å². The lowest BCUT2D eigenvalue weighted by molar-refractivity contribution is 0.0970. The molecule has 1 aromatic heterocycles. The standard InChI is InChI=1S/C15H20BrFN4O3/c1-9-12(20-14(22)23)15(8-24-9)2-4-21(5-3-15)13-10(6-17)19-11(16)7-18-13/h7,9,12,20H,2-6,8H2,1H3,(H,22,23)/t9-,12+/m0/s1. The van der Waals surface area contributed by atoms with Crippen molar-refractivity contribution < 1.29 is 19.0 Å². The van der Waals surface area contributed by atoms with E-state index in [0.29, 0.717) is 35.8 Å². The van der Waals surface area contributed by atoms with E-state index in [4.69, 9.17) is 9.84 Å². The van der Waals surface area contributed by atoms with Crippen LogP contribution in [0.5, 0.6) is 0 Å². The Labute approximate surface area is 147 Å². The predicted molar refractivity (Wildman–Crippen MR) is 88.8 cm³/mol. The Balaban J connectivity index is 1.75. The Hall–Kier alpha value is -1.48. The fraction of sp³-hybridized carbons (Fsp3) is 0.667. The highest BCUT2D eigenvalue weighted by atomic mass is 79.9. The number of rotatable bonds is 3. The molecule has 9 heteroatoms. The fourth-order valence-electron chi connectivity index (χ4n) is 3.75. The molecule has 132 valence electrons. The van der Waals surface area contributed by atoms with Gasteiger partial charge in [-0.3, -0.25) is 0 Å². The number of nitrogens with zero attached hydrogens (tertiary/aromatic N) is 3. The molecule has 0 aromatic carbocycles. The normalized spacial score (nSPS) is 25.9. The Kier molecular flexibility index (Phi) is 4.91. The van der Waals surface area contributed by atoms with E-state index in [1.807, 2.05) is 11.8 Å².